The molecule has 3 nitrogen and oxygen atoms in total. The zero-order chi connectivity index (χ0) is 19.4. The van der Waals surface area contributed by atoms with Crippen LogP contribution in [0, 0.1) is 0 Å². The number of aryl methyl sites for hydroxylation is 1. The average molecular weight is 387 g/mol. The number of nitrogens with zero attached hydrogens (tertiary/aromatic N) is 2. The van der Waals surface area contributed by atoms with Crippen molar-refractivity contribution in [2.75, 3.05) is 6.54 Å². The Balaban J connectivity index is 1.42. The van der Waals surface area contributed by atoms with E-state index in [2.05, 4.69) is 58.0 Å². The molecule has 0 radical (unpaired) electrons. The van der Waals surface area contributed by atoms with E-state index in [9.17, 15) is 5.11 Å². The molecule has 1 aliphatic heterocycles. The third-order valence-electron chi connectivity index (χ3n) is 7.68. The molecule has 6 rings (SSSR count). The highest BCUT2D eigenvalue weighted by Crippen LogP contribution is 2.45. The van der Waals surface area contributed by atoms with Crippen LogP contribution in [0.15, 0.2) is 48.5 Å². The molecule has 3 aromatic rings. The van der Waals surface area contributed by atoms with Gasteiger partial charge in [-0.2, -0.15) is 0 Å². The Morgan fingerprint density at radius 2 is 1.79 bits per heavy atom. The van der Waals surface area contributed by atoms with Crippen LogP contribution in [0.3, 0.4) is 0 Å². The van der Waals surface area contributed by atoms with Crippen LogP contribution < -0.4 is 0 Å². The van der Waals surface area contributed by atoms with Crippen molar-refractivity contribution in [3.05, 3.63) is 70.9 Å². The molecule has 0 bridgehead atoms. The fourth-order valence-electron chi connectivity index (χ4n) is 6.22. The molecule has 1 saturated carbocycles. The Kier molecular flexibility index (Phi) is 4.11. The third-order valence-corrected chi connectivity index (χ3v) is 7.68. The second-order valence-electron chi connectivity index (χ2n) is 9.35. The van der Waals surface area contributed by atoms with Gasteiger partial charge in [-0.1, -0.05) is 49.2 Å². The molecule has 2 heterocycles. The van der Waals surface area contributed by atoms with Crippen molar-refractivity contribution in [2.45, 2.75) is 69.7 Å². The third kappa shape index (κ3) is 2.78. The summed E-state index contributed by atoms with van der Waals surface area (Å²) in [5.74, 6) is 0. The summed E-state index contributed by atoms with van der Waals surface area (Å²) in [7, 11) is 0. The molecular weight excluding hydrogens is 356 g/mol. The first-order chi connectivity index (χ1) is 14.2. The van der Waals surface area contributed by atoms with Crippen molar-refractivity contribution in [3.8, 4) is 0 Å². The number of hydrogen-bond acceptors (Lipinski definition) is 2. The van der Waals surface area contributed by atoms with Crippen LogP contribution >= 0.6 is 0 Å². The molecule has 3 aliphatic rings. The van der Waals surface area contributed by atoms with Gasteiger partial charge in [0.1, 0.15) is 0 Å². The summed E-state index contributed by atoms with van der Waals surface area (Å²) < 4.78 is 2.60. The first-order valence-corrected chi connectivity index (χ1v) is 11.4. The summed E-state index contributed by atoms with van der Waals surface area (Å²) in [5, 5.41) is 12.6. The lowest BCUT2D eigenvalue weighted by atomic mass is 9.87. The van der Waals surface area contributed by atoms with Gasteiger partial charge in [-0.15, -0.1) is 0 Å². The smallest absolute Gasteiger partial charge is 0.0896 e. The molecule has 150 valence electrons. The van der Waals surface area contributed by atoms with Gasteiger partial charge in [-0.05, 0) is 60.9 Å². The molecule has 1 aromatic heterocycles. The SMILES string of the molecule is OC1(c2ccc3c(c2)c2c4n3CCN(Cc3ccccc3)C4CCC2)CCCC1. The summed E-state index contributed by atoms with van der Waals surface area (Å²) in [6.45, 7) is 3.22. The molecule has 1 fully saturated rings. The molecule has 2 aliphatic carbocycles. The maximum atomic E-state index is 11.1. The molecule has 0 spiro atoms. The summed E-state index contributed by atoms with van der Waals surface area (Å²) >= 11 is 0. The Morgan fingerprint density at radius 3 is 2.62 bits per heavy atom. The van der Waals surface area contributed by atoms with Crippen LogP contribution in [-0.4, -0.2) is 21.1 Å². The lowest BCUT2D eigenvalue weighted by molar-refractivity contribution is 0.0446. The number of rotatable bonds is 3. The molecule has 1 unspecified atom stereocenters. The van der Waals surface area contributed by atoms with Gasteiger partial charge in [0.2, 0.25) is 0 Å². The van der Waals surface area contributed by atoms with E-state index in [4.69, 9.17) is 0 Å². The number of benzene rings is 2. The fourth-order valence-corrected chi connectivity index (χ4v) is 6.22. The van der Waals surface area contributed by atoms with Crippen molar-refractivity contribution in [1.29, 1.82) is 0 Å². The van der Waals surface area contributed by atoms with Gasteiger partial charge < -0.3 is 9.67 Å². The minimum absolute atomic E-state index is 0.526. The molecule has 2 aromatic carbocycles. The summed E-state index contributed by atoms with van der Waals surface area (Å²) in [6, 6.07) is 18.3. The van der Waals surface area contributed by atoms with E-state index in [1.54, 1.807) is 11.3 Å². The zero-order valence-corrected chi connectivity index (χ0v) is 17.1. The first-order valence-electron chi connectivity index (χ1n) is 11.4. The van der Waals surface area contributed by atoms with Gasteiger partial charge in [0, 0.05) is 36.2 Å². The van der Waals surface area contributed by atoms with E-state index in [0.717, 1.165) is 50.9 Å². The van der Waals surface area contributed by atoms with E-state index in [0.29, 0.717) is 6.04 Å². The largest absolute Gasteiger partial charge is 0.385 e. The standard InChI is InChI=1S/C26H30N2O/c29-26(13-4-5-14-26)20-11-12-23-22(17-20)21-9-6-10-24-25(21)28(23)16-15-27(24)18-19-7-2-1-3-8-19/h1-3,7-8,11-12,17,24,29H,4-6,9-10,13-16,18H2. The van der Waals surface area contributed by atoms with Gasteiger partial charge in [0.05, 0.1) is 11.6 Å². The number of aromatic nitrogens is 1. The van der Waals surface area contributed by atoms with Gasteiger partial charge in [-0.25, -0.2) is 0 Å². The van der Waals surface area contributed by atoms with E-state index in [-0.39, 0.29) is 0 Å². The predicted octanol–water partition coefficient (Wildman–Crippen LogP) is 5.30. The summed E-state index contributed by atoms with van der Waals surface area (Å²) in [6.07, 6.45) is 7.80. The molecule has 29 heavy (non-hydrogen) atoms. The van der Waals surface area contributed by atoms with Gasteiger partial charge in [-0.3, -0.25) is 4.90 Å². The second-order valence-corrected chi connectivity index (χ2v) is 9.35. The molecule has 0 saturated heterocycles. The minimum atomic E-state index is -0.600. The maximum absolute atomic E-state index is 11.1. The second kappa shape index (κ2) is 6.72. The summed E-state index contributed by atoms with van der Waals surface area (Å²) in [5.41, 5.74) is 6.45. The molecule has 0 amide bonds. The van der Waals surface area contributed by atoms with Crippen molar-refractivity contribution in [3.63, 3.8) is 0 Å². The van der Waals surface area contributed by atoms with Crippen LogP contribution in [0.5, 0.6) is 0 Å². The van der Waals surface area contributed by atoms with Crippen LogP contribution in [-0.2, 0) is 25.1 Å². The van der Waals surface area contributed by atoms with Gasteiger partial charge >= 0.3 is 0 Å². The lowest BCUT2D eigenvalue weighted by Crippen LogP contribution is -2.39. The lowest BCUT2D eigenvalue weighted by Gasteiger charge is -2.40. The highest BCUT2D eigenvalue weighted by molar-refractivity contribution is 5.87. The quantitative estimate of drug-likeness (QED) is 0.662. The number of fused-ring (bicyclic) bond motifs is 3. The predicted molar refractivity (Wildman–Crippen MR) is 117 cm³/mol. The number of hydrogen-bond donors (Lipinski definition) is 1. The van der Waals surface area contributed by atoms with Crippen LogP contribution in [0.1, 0.15) is 67.0 Å². The zero-order valence-electron chi connectivity index (χ0n) is 17.1. The Labute approximate surface area is 173 Å². The van der Waals surface area contributed by atoms with Gasteiger partial charge in [0.25, 0.3) is 0 Å². The van der Waals surface area contributed by atoms with Crippen molar-refractivity contribution >= 4 is 10.9 Å². The van der Waals surface area contributed by atoms with Crippen LogP contribution in [0.2, 0.25) is 0 Å². The first kappa shape index (κ1) is 17.7. The monoisotopic (exact) mass is 386 g/mol. The van der Waals surface area contributed by atoms with Crippen molar-refractivity contribution < 1.29 is 5.11 Å². The highest BCUT2D eigenvalue weighted by Gasteiger charge is 2.37. The summed E-state index contributed by atoms with van der Waals surface area (Å²) in [4.78, 5) is 2.69. The number of aliphatic hydroxyl groups is 1. The fraction of sp³-hybridized carbons (Fsp3) is 0.462. The van der Waals surface area contributed by atoms with Crippen molar-refractivity contribution in [1.82, 2.24) is 9.47 Å². The Bertz CT molecular complexity index is 1050. The Hall–Kier alpha value is -2.10. The maximum Gasteiger partial charge on any atom is 0.0896 e. The van der Waals surface area contributed by atoms with E-state index < -0.39 is 5.60 Å². The molecule has 1 atom stereocenters. The average Bonchev–Trinajstić information content (AvgIpc) is 3.34. The Morgan fingerprint density at radius 1 is 0.966 bits per heavy atom. The van der Waals surface area contributed by atoms with Crippen molar-refractivity contribution in [2.24, 2.45) is 0 Å². The van der Waals surface area contributed by atoms with E-state index in [1.807, 2.05) is 0 Å². The van der Waals surface area contributed by atoms with Crippen LogP contribution in [0.4, 0.5) is 0 Å². The highest BCUT2D eigenvalue weighted by atomic mass is 16.3. The van der Waals surface area contributed by atoms with Crippen LogP contribution in [0.25, 0.3) is 10.9 Å². The minimum Gasteiger partial charge on any atom is -0.385 e. The molecular formula is C26H30N2O. The molecule has 3 heteroatoms. The van der Waals surface area contributed by atoms with E-state index in [1.165, 1.54) is 35.7 Å². The van der Waals surface area contributed by atoms with Gasteiger partial charge in [0.15, 0.2) is 0 Å². The topological polar surface area (TPSA) is 28.4 Å². The normalized spacial score (nSPS) is 23.4. The van der Waals surface area contributed by atoms with E-state index >= 15 is 0 Å². The molecule has 1 N–H and O–H groups in total.